The first-order valence-corrected chi connectivity index (χ1v) is 13.6. The van der Waals surface area contributed by atoms with Gasteiger partial charge in [-0.2, -0.15) is 0 Å². The highest BCUT2D eigenvalue weighted by Gasteiger charge is 2.27. The first-order valence-electron chi connectivity index (χ1n) is 13.6. The van der Waals surface area contributed by atoms with Crippen molar-refractivity contribution in [3.8, 4) is 0 Å². The Morgan fingerprint density at radius 3 is 2.00 bits per heavy atom. The Hall–Kier alpha value is -2.95. The number of amides is 1. The number of rotatable bonds is 12. The SMILES string of the molecule is CCCCCc1ccc(CN[C@@H](Cc2ccccc2)C(=O)N2CCN(Cc3ccccc3)CC2)cc1. The van der Waals surface area contributed by atoms with E-state index in [4.69, 9.17) is 0 Å². The number of carbonyl (C=O) groups excluding carboxylic acids is 1. The van der Waals surface area contributed by atoms with E-state index in [0.717, 1.165) is 39.1 Å². The van der Waals surface area contributed by atoms with Crippen molar-refractivity contribution >= 4 is 5.91 Å². The second-order valence-corrected chi connectivity index (χ2v) is 9.98. The van der Waals surface area contributed by atoms with Gasteiger partial charge in [0.1, 0.15) is 0 Å². The molecule has 3 aromatic rings. The molecule has 0 saturated carbocycles. The van der Waals surface area contributed by atoms with Gasteiger partial charge in [0.2, 0.25) is 5.91 Å². The van der Waals surface area contributed by atoms with Crippen molar-refractivity contribution in [2.45, 2.75) is 58.2 Å². The van der Waals surface area contributed by atoms with Crippen molar-refractivity contribution in [2.24, 2.45) is 0 Å². The molecule has 1 amide bonds. The first-order chi connectivity index (χ1) is 17.7. The highest BCUT2D eigenvalue weighted by Crippen LogP contribution is 2.13. The lowest BCUT2D eigenvalue weighted by Crippen LogP contribution is -2.54. The maximum Gasteiger partial charge on any atom is 0.240 e. The summed E-state index contributed by atoms with van der Waals surface area (Å²) >= 11 is 0. The molecule has 0 bridgehead atoms. The number of aryl methyl sites for hydroxylation is 1. The summed E-state index contributed by atoms with van der Waals surface area (Å²) < 4.78 is 0. The maximum absolute atomic E-state index is 13.6. The Balaban J connectivity index is 1.34. The lowest BCUT2D eigenvalue weighted by atomic mass is 10.0. The molecule has 1 N–H and O–H groups in total. The van der Waals surface area contributed by atoms with Crippen LogP contribution in [-0.4, -0.2) is 47.9 Å². The summed E-state index contributed by atoms with van der Waals surface area (Å²) in [5, 5.41) is 3.60. The quantitative estimate of drug-likeness (QED) is 0.347. The molecule has 0 aliphatic carbocycles. The largest absolute Gasteiger partial charge is 0.339 e. The van der Waals surface area contributed by atoms with E-state index in [0.29, 0.717) is 13.0 Å². The molecular formula is C32H41N3O. The Morgan fingerprint density at radius 2 is 1.36 bits per heavy atom. The summed E-state index contributed by atoms with van der Waals surface area (Å²) in [5.74, 6) is 0.217. The van der Waals surface area contributed by atoms with E-state index in [1.165, 1.54) is 41.5 Å². The van der Waals surface area contributed by atoms with Gasteiger partial charge in [0, 0.05) is 39.3 Å². The monoisotopic (exact) mass is 483 g/mol. The molecule has 1 fully saturated rings. The first kappa shape index (κ1) is 26.1. The zero-order valence-electron chi connectivity index (χ0n) is 21.7. The summed E-state index contributed by atoms with van der Waals surface area (Å²) in [6.07, 6.45) is 5.64. The van der Waals surface area contributed by atoms with Crippen LogP contribution in [-0.2, 0) is 30.7 Å². The van der Waals surface area contributed by atoms with Crippen LogP contribution >= 0.6 is 0 Å². The summed E-state index contributed by atoms with van der Waals surface area (Å²) in [4.78, 5) is 18.1. The Morgan fingerprint density at radius 1 is 0.750 bits per heavy atom. The number of hydrogen-bond acceptors (Lipinski definition) is 3. The van der Waals surface area contributed by atoms with E-state index in [1.54, 1.807) is 0 Å². The van der Waals surface area contributed by atoms with Gasteiger partial charge < -0.3 is 10.2 Å². The van der Waals surface area contributed by atoms with Gasteiger partial charge in [-0.1, -0.05) is 105 Å². The summed E-state index contributed by atoms with van der Waals surface area (Å²) in [6, 6.07) is 29.6. The zero-order valence-corrected chi connectivity index (χ0v) is 21.7. The lowest BCUT2D eigenvalue weighted by Gasteiger charge is -2.36. The Kier molecular flexibility index (Phi) is 10.1. The van der Waals surface area contributed by atoms with Crippen LogP contribution < -0.4 is 5.32 Å². The number of nitrogens with one attached hydrogen (secondary N) is 1. The average molecular weight is 484 g/mol. The van der Waals surface area contributed by atoms with Crippen molar-refractivity contribution < 1.29 is 4.79 Å². The molecule has 1 atom stereocenters. The van der Waals surface area contributed by atoms with Gasteiger partial charge in [0.05, 0.1) is 6.04 Å². The van der Waals surface area contributed by atoms with Crippen molar-refractivity contribution in [1.29, 1.82) is 0 Å². The third-order valence-corrected chi connectivity index (χ3v) is 7.16. The van der Waals surface area contributed by atoms with Gasteiger partial charge in [0.25, 0.3) is 0 Å². The van der Waals surface area contributed by atoms with E-state index in [1.807, 2.05) is 6.07 Å². The third-order valence-electron chi connectivity index (χ3n) is 7.16. The summed E-state index contributed by atoms with van der Waals surface area (Å²) in [6.45, 7) is 7.29. The predicted molar refractivity (Wildman–Crippen MR) is 149 cm³/mol. The Bertz CT molecular complexity index is 1030. The molecule has 36 heavy (non-hydrogen) atoms. The van der Waals surface area contributed by atoms with Crippen LogP contribution in [0.1, 0.15) is 48.4 Å². The van der Waals surface area contributed by atoms with Crippen molar-refractivity contribution in [2.75, 3.05) is 26.2 Å². The van der Waals surface area contributed by atoms with Gasteiger partial charge >= 0.3 is 0 Å². The van der Waals surface area contributed by atoms with Gasteiger partial charge in [-0.3, -0.25) is 9.69 Å². The van der Waals surface area contributed by atoms with E-state index in [-0.39, 0.29) is 11.9 Å². The van der Waals surface area contributed by atoms with Crippen molar-refractivity contribution in [1.82, 2.24) is 15.1 Å². The van der Waals surface area contributed by atoms with E-state index >= 15 is 0 Å². The second-order valence-electron chi connectivity index (χ2n) is 9.98. The average Bonchev–Trinajstić information content (AvgIpc) is 2.93. The highest BCUT2D eigenvalue weighted by atomic mass is 16.2. The second kappa shape index (κ2) is 14.0. The maximum atomic E-state index is 13.6. The molecule has 0 spiro atoms. The van der Waals surface area contributed by atoms with Crippen LogP contribution in [0.5, 0.6) is 0 Å². The standard InChI is InChI=1S/C32H41N3O/c1-2-3-6-11-27-16-18-29(19-17-27)25-33-31(24-28-12-7-4-8-13-28)32(36)35-22-20-34(21-23-35)26-30-14-9-5-10-15-30/h4-5,7-10,12-19,31,33H,2-3,6,11,20-26H2,1H3/t31-/m0/s1. The smallest absolute Gasteiger partial charge is 0.240 e. The van der Waals surface area contributed by atoms with Gasteiger partial charge in [-0.25, -0.2) is 0 Å². The molecule has 1 saturated heterocycles. The fraction of sp³-hybridized carbons (Fsp3) is 0.406. The van der Waals surface area contributed by atoms with Gasteiger partial charge in [-0.15, -0.1) is 0 Å². The molecule has 190 valence electrons. The van der Waals surface area contributed by atoms with E-state index < -0.39 is 0 Å². The number of hydrogen-bond donors (Lipinski definition) is 1. The fourth-order valence-electron chi connectivity index (χ4n) is 4.93. The van der Waals surface area contributed by atoms with Crippen molar-refractivity contribution in [3.05, 3.63) is 107 Å². The van der Waals surface area contributed by atoms with Crippen molar-refractivity contribution in [3.63, 3.8) is 0 Å². The lowest BCUT2D eigenvalue weighted by molar-refractivity contribution is -0.135. The number of nitrogens with zero attached hydrogens (tertiary/aromatic N) is 2. The number of carbonyl (C=O) groups is 1. The summed E-state index contributed by atoms with van der Waals surface area (Å²) in [7, 11) is 0. The minimum absolute atomic E-state index is 0.217. The third kappa shape index (κ3) is 8.04. The molecule has 1 aliphatic rings. The molecule has 3 aromatic carbocycles. The fourth-order valence-corrected chi connectivity index (χ4v) is 4.93. The molecule has 1 heterocycles. The minimum Gasteiger partial charge on any atom is -0.339 e. The van der Waals surface area contributed by atoms with E-state index in [2.05, 4.69) is 101 Å². The van der Waals surface area contributed by atoms with Gasteiger partial charge in [-0.05, 0) is 41.5 Å². The molecule has 4 rings (SSSR count). The molecule has 0 unspecified atom stereocenters. The number of unbranched alkanes of at least 4 members (excludes halogenated alkanes) is 2. The van der Waals surface area contributed by atoms with Crippen LogP contribution in [0.15, 0.2) is 84.9 Å². The predicted octanol–water partition coefficient (Wildman–Crippen LogP) is 5.46. The van der Waals surface area contributed by atoms with Crippen LogP contribution in [0.4, 0.5) is 0 Å². The number of piperazine rings is 1. The molecule has 1 aliphatic heterocycles. The molecule has 4 nitrogen and oxygen atoms in total. The van der Waals surface area contributed by atoms with Crippen LogP contribution in [0.2, 0.25) is 0 Å². The molecule has 0 radical (unpaired) electrons. The topological polar surface area (TPSA) is 35.6 Å². The van der Waals surface area contributed by atoms with Crippen LogP contribution in [0.3, 0.4) is 0 Å². The Labute approximate surface area is 217 Å². The van der Waals surface area contributed by atoms with Gasteiger partial charge in [0.15, 0.2) is 0 Å². The zero-order chi connectivity index (χ0) is 25.0. The molecular weight excluding hydrogens is 442 g/mol. The number of benzene rings is 3. The normalized spacial score (nSPS) is 15.1. The summed E-state index contributed by atoms with van der Waals surface area (Å²) in [5.41, 5.74) is 5.15. The highest BCUT2D eigenvalue weighted by molar-refractivity contribution is 5.82. The molecule has 0 aromatic heterocycles. The van der Waals surface area contributed by atoms with Crippen LogP contribution in [0, 0.1) is 0 Å². The van der Waals surface area contributed by atoms with E-state index in [9.17, 15) is 4.79 Å². The minimum atomic E-state index is -0.225. The molecule has 4 heteroatoms. The van der Waals surface area contributed by atoms with Crippen LogP contribution in [0.25, 0.3) is 0 Å².